The topological polar surface area (TPSA) is 97.6 Å². The van der Waals surface area contributed by atoms with Crippen LogP contribution in [-0.4, -0.2) is 60.1 Å². The number of carbonyl (C=O) groups is 1. The van der Waals surface area contributed by atoms with Gasteiger partial charge in [-0.05, 0) is 74.6 Å². The highest BCUT2D eigenvalue weighted by Gasteiger charge is 2.35. The molecule has 4 aromatic rings. The molecule has 2 aromatic carbocycles. The molecule has 0 N–H and O–H groups in total. The predicted octanol–water partition coefficient (Wildman–Crippen LogP) is 5.38. The summed E-state index contributed by atoms with van der Waals surface area (Å²) in [5, 5.41) is 5.26. The number of aromatic nitrogens is 3. The summed E-state index contributed by atoms with van der Waals surface area (Å²) in [4.78, 5) is 21.1. The number of fused-ring (bicyclic) bond motifs is 1. The second kappa shape index (κ2) is 11.9. The summed E-state index contributed by atoms with van der Waals surface area (Å²) >= 11 is 1.53. The van der Waals surface area contributed by atoms with E-state index in [0.717, 1.165) is 27.2 Å². The summed E-state index contributed by atoms with van der Waals surface area (Å²) in [6, 6.07) is 14.6. The number of hydrogen-bond acceptors (Lipinski definition) is 7. The molecule has 1 aliphatic rings. The standard InChI is InChI=1S/C30H37N5O4S2/c1-20(2)26-7-6-8-27-28(26)31-30(40-27)34(17-18-35-22(4)19-21(3)32-35)29(36)23-13-15-33(16-14-23)41(37,38)25-11-9-24(39-5)10-12-25/h6-12,19-20,23H,13-18H2,1-5H3. The van der Waals surface area contributed by atoms with Crippen molar-refractivity contribution >= 4 is 42.6 Å². The molecule has 0 unspecified atom stereocenters. The molecule has 1 aliphatic heterocycles. The molecule has 0 saturated carbocycles. The Labute approximate surface area is 245 Å². The molecule has 0 atom stereocenters. The van der Waals surface area contributed by atoms with Crippen LogP contribution in [-0.2, 0) is 21.4 Å². The maximum absolute atomic E-state index is 14.1. The Morgan fingerprint density at radius 1 is 1.12 bits per heavy atom. The minimum atomic E-state index is -3.66. The third-order valence-electron chi connectivity index (χ3n) is 7.70. The Morgan fingerprint density at radius 3 is 2.44 bits per heavy atom. The summed E-state index contributed by atoms with van der Waals surface area (Å²) in [6.07, 6.45) is 0.902. The normalized spacial score (nSPS) is 15.1. The molecule has 0 aliphatic carbocycles. The lowest BCUT2D eigenvalue weighted by atomic mass is 9.96. The van der Waals surface area contributed by atoms with Gasteiger partial charge < -0.3 is 4.74 Å². The van der Waals surface area contributed by atoms with E-state index in [9.17, 15) is 13.2 Å². The largest absolute Gasteiger partial charge is 0.497 e. The van der Waals surface area contributed by atoms with Gasteiger partial charge in [-0.15, -0.1) is 0 Å². The number of carbonyl (C=O) groups excluding carboxylic acids is 1. The fourth-order valence-corrected chi connectivity index (χ4v) is 7.90. The molecule has 11 heteroatoms. The molecule has 3 heterocycles. The molecule has 5 rings (SSSR count). The number of amides is 1. The van der Waals surface area contributed by atoms with E-state index in [0.29, 0.717) is 42.7 Å². The summed E-state index contributed by atoms with van der Waals surface area (Å²) in [5.74, 6) is 0.598. The quantitative estimate of drug-likeness (QED) is 0.258. The van der Waals surface area contributed by atoms with Crippen LogP contribution in [0.25, 0.3) is 10.2 Å². The first kappa shape index (κ1) is 29.2. The number of thiazole rings is 1. The van der Waals surface area contributed by atoms with Gasteiger partial charge in [-0.3, -0.25) is 14.4 Å². The van der Waals surface area contributed by atoms with Crippen molar-refractivity contribution in [2.24, 2.45) is 5.92 Å². The number of anilines is 1. The molecule has 0 bridgehead atoms. The van der Waals surface area contributed by atoms with Gasteiger partial charge in [-0.25, -0.2) is 13.4 Å². The highest BCUT2D eigenvalue weighted by atomic mass is 32.2. The van der Waals surface area contributed by atoms with Crippen molar-refractivity contribution in [3.63, 3.8) is 0 Å². The molecule has 2 aromatic heterocycles. The second-order valence-corrected chi connectivity index (χ2v) is 13.8. The van der Waals surface area contributed by atoms with Gasteiger partial charge in [0.15, 0.2) is 5.13 Å². The maximum atomic E-state index is 14.1. The number of piperidine rings is 1. The van der Waals surface area contributed by atoms with Crippen LogP contribution in [0, 0.1) is 19.8 Å². The number of para-hydroxylation sites is 1. The lowest BCUT2D eigenvalue weighted by molar-refractivity contribution is -0.123. The molecule has 1 fully saturated rings. The average Bonchev–Trinajstić information content (AvgIpc) is 3.54. The lowest BCUT2D eigenvalue weighted by Gasteiger charge is -2.33. The monoisotopic (exact) mass is 595 g/mol. The lowest BCUT2D eigenvalue weighted by Crippen LogP contribution is -2.45. The fourth-order valence-electron chi connectivity index (χ4n) is 5.40. The summed E-state index contributed by atoms with van der Waals surface area (Å²) in [5.41, 5.74) is 4.07. The van der Waals surface area contributed by atoms with Crippen LogP contribution in [0.15, 0.2) is 53.4 Å². The molecule has 1 amide bonds. The zero-order valence-corrected chi connectivity index (χ0v) is 25.8. The number of methoxy groups -OCH3 is 1. The Kier molecular flexibility index (Phi) is 8.49. The van der Waals surface area contributed by atoms with Crippen molar-refractivity contribution in [3.05, 3.63) is 65.5 Å². The van der Waals surface area contributed by atoms with E-state index < -0.39 is 10.0 Å². The molecule has 0 radical (unpaired) electrons. The van der Waals surface area contributed by atoms with Crippen LogP contribution in [0.3, 0.4) is 0 Å². The van der Waals surface area contributed by atoms with Gasteiger partial charge in [0, 0.05) is 31.2 Å². The first-order chi connectivity index (χ1) is 19.6. The third kappa shape index (κ3) is 6.02. The van der Waals surface area contributed by atoms with E-state index in [4.69, 9.17) is 9.72 Å². The number of aryl methyl sites for hydroxylation is 2. The molecular weight excluding hydrogens is 558 g/mol. The Hall–Kier alpha value is -3.28. The minimum Gasteiger partial charge on any atom is -0.497 e. The van der Waals surface area contributed by atoms with Crippen LogP contribution in [0.5, 0.6) is 5.75 Å². The summed E-state index contributed by atoms with van der Waals surface area (Å²) < 4.78 is 36.2. The SMILES string of the molecule is COc1ccc(S(=O)(=O)N2CCC(C(=O)N(CCn3nc(C)cc3C)c3nc4c(C(C)C)cccc4s3)CC2)cc1. The van der Waals surface area contributed by atoms with E-state index >= 15 is 0 Å². The molecular formula is C30H37N5O4S2. The number of hydrogen-bond donors (Lipinski definition) is 0. The van der Waals surface area contributed by atoms with Crippen LogP contribution in [0.4, 0.5) is 5.13 Å². The smallest absolute Gasteiger partial charge is 0.243 e. The average molecular weight is 596 g/mol. The van der Waals surface area contributed by atoms with Crippen LogP contribution in [0.2, 0.25) is 0 Å². The van der Waals surface area contributed by atoms with Crippen LogP contribution in [0.1, 0.15) is 49.6 Å². The van der Waals surface area contributed by atoms with Crippen molar-refractivity contribution in [3.8, 4) is 5.75 Å². The van der Waals surface area contributed by atoms with Gasteiger partial charge in [0.1, 0.15) is 5.75 Å². The summed E-state index contributed by atoms with van der Waals surface area (Å²) in [7, 11) is -2.11. The first-order valence-electron chi connectivity index (χ1n) is 13.9. The van der Waals surface area contributed by atoms with E-state index in [-0.39, 0.29) is 29.8 Å². The van der Waals surface area contributed by atoms with Crippen molar-refractivity contribution < 1.29 is 17.9 Å². The van der Waals surface area contributed by atoms with E-state index in [1.165, 1.54) is 15.6 Å². The van der Waals surface area contributed by atoms with E-state index in [1.54, 1.807) is 36.3 Å². The van der Waals surface area contributed by atoms with Gasteiger partial charge in [-0.2, -0.15) is 9.40 Å². The Balaban J connectivity index is 1.37. The highest BCUT2D eigenvalue weighted by molar-refractivity contribution is 7.89. The zero-order chi connectivity index (χ0) is 29.3. The maximum Gasteiger partial charge on any atom is 0.243 e. The number of benzene rings is 2. The molecule has 218 valence electrons. The van der Waals surface area contributed by atoms with Crippen molar-refractivity contribution in [2.75, 3.05) is 31.6 Å². The van der Waals surface area contributed by atoms with Gasteiger partial charge in [0.25, 0.3) is 0 Å². The number of sulfonamides is 1. The van der Waals surface area contributed by atoms with E-state index in [2.05, 4.69) is 31.1 Å². The van der Waals surface area contributed by atoms with Crippen molar-refractivity contribution in [1.82, 2.24) is 19.1 Å². The number of ether oxygens (including phenoxy) is 1. The Bertz CT molecular complexity index is 1640. The highest BCUT2D eigenvalue weighted by Crippen LogP contribution is 2.35. The molecule has 1 saturated heterocycles. The predicted molar refractivity (Wildman–Crippen MR) is 162 cm³/mol. The minimum absolute atomic E-state index is 0.0156. The zero-order valence-electron chi connectivity index (χ0n) is 24.2. The number of nitrogens with zero attached hydrogens (tertiary/aromatic N) is 5. The molecule has 0 spiro atoms. The molecule has 41 heavy (non-hydrogen) atoms. The van der Waals surface area contributed by atoms with Gasteiger partial charge in [-0.1, -0.05) is 37.3 Å². The van der Waals surface area contributed by atoms with Crippen molar-refractivity contribution in [2.45, 2.75) is 57.9 Å². The second-order valence-electron chi connectivity index (χ2n) is 10.8. The van der Waals surface area contributed by atoms with Crippen LogP contribution >= 0.6 is 11.3 Å². The first-order valence-corrected chi connectivity index (χ1v) is 16.2. The Morgan fingerprint density at radius 2 is 1.83 bits per heavy atom. The van der Waals surface area contributed by atoms with Crippen molar-refractivity contribution in [1.29, 1.82) is 0 Å². The van der Waals surface area contributed by atoms with Crippen LogP contribution < -0.4 is 9.64 Å². The van der Waals surface area contributed by atoms with Gasteiger partial charge in [0.2, 0.25) is 15.9 Å². The number of rotatable bonds is 9. The van der Waals surface area contributed by atoms with Gasteiger partial charge >= 0.3 is 0 Å². The summed E-state index contributed by atoms with van der Waals surface area (Å²) in [6.45, 7) is 9.81. The fraction of sp³-hybridized carbons (Fsp3) is 0.433. The third-order valence-corrected chi connectivity index (χ3v) is 10.7. The van der Waals surface area contributed by atoms with E-state index in [1.807, 2.05) is 30.7 Å². The van der Waals surface area contributed by atoms with Gasteiger partial charge in [0.05, 0.1) is 34.5 Å². The molecule has 9 nitrogen and oxygen atoms in total.